The summed E-state index contributed by atoms with van der Waals surface area (Å²) >= 11 is 3.31. The molecule has 0 saturated heterocycles. The van der Waals surface area contributed by atoms with Gasteiger partial charge in [-0.1, -0.05) is 34.1 Å². The molecule has 5 nitrogen and oxygen atoms in total. The molecule has 0 amide bonds. The van der Waals surface area contributed by atoms with Crippen molar-refractivity contribution in [1.29, 1.82) is 0 Å². The maximum atomic E-state index is 11.6. The summed E-state index contributed by atoms with van der Waals surface area (Å²) < 4.78 is 0.661. The zero-order chi connectivity index (χ0) is 14.6. The van der Waals surface area contributed by atoms with Crippen LogP contribution in [0.1, 0.15) is 25.3 Å². The van der Waals surface area contributed by atoms with Gasteiger partial charge in [-0.3, -0.25) is 19.7 Å². The van der Waals surface area contributed by atoms with Gasteiger partial charge in [0, 0.05) is 9.40 Å². The molecule has 0 saturated carbocycles. The predicted octanol–water partition coefficient (Wildman–Crippen LogP) is 2.60. The van der Waals surface area contributed by atoms with Crippen molar-refractivity contribution < 1.29 is 14.5 Å². The number of hydrogen-bond donors (Lipinski definition) is 0. The van der Waals surface area contributed by atoms with Gasteiger partial charge in [-0.15, -0.1) is 0 Å². The fourth-order valence-corrected chi connectivity index (χ4v) is 2.75. The molecule has 0 aliphatic carbocycles. The van der Waals surface area contributed by atoms with E-state index in [-0.39, 0.29) is 11.6 Å². The Morgan fingerprint density at radius 1 is 1.26 bits per heavy atom. The van der Waals surface area contributed by atoms with Crippen LogP contribution in [0.5, 0.6) is 0 Å². The second-order valence-corrected chi connectivity index (χ2v) is 5.20. The van der Waals surface area contributed by atoms with Crippen LogP contribution in [-0.2, 0) is 9.59 Å². The Morgan fingerprint density at radius 3 is 2.21 bits per heavy atom. The van der Waals surface area contributed by atoms with Gasteiger partial charge in [0.25, 0.3) is 0 Å². The van der Waals surface area contributed by atoms with E-state index in [0.29, 0.717) is 10.0 Å². The van der Waals surface area contributed by atoms with Crippen molar-refractivity contribution in [1.82, 2.24) is 0 Å². The molecule has 0 aromatic heterocycles. The normalized spacial score (nSPS) is 12.2. The first kappa shape index (κ1) is 15.5. The Hall–Kier alpha value is -1.56. The topological polar surface area (TPSA) is 77.3 Å². The third-order valence-corrected chi connectivity index (χ3v) is 3.65. The van der Waals surface area contributed by atoms with Crippen LogP contribution in [0.15, 0.2) is 28.7 Å². The van der Waals surface area contributed by atoms with Gasteiger partial charge in [0.05, 0.1) is 11.8 Å². The van der Waals surface area contributed by atoms with E-state index in [4.69, 9.17) is 0 Å². The molecule has 0 radical (unpaired) electrons. The van der Waals surface area contributed by atoms with Crippen LogP contribution in [0.25, 0.3) is 0 Å². The van der Waals surface area contributed by atoms with Gasteiger partial charge >= 0.3 is 0 Å². The van der Waals surface area contributed by atoms with Crippen LogP contribution in [0.2, 0.25) is 0 Å². The summed E-state index contributed by atoms with van der Waals surface area (Å²) in [5, 5.41) is 10.8. The van der Waals surface area contributed by atoms with Gasteiger partial charge < -0.3 is 0 Å². The minimum Gasteiger partial charge on any atom is -0.299 e. The summed E-state index contributed by atoms with van der Waals surface area (Å²) in [5.41, 5.74) is 0.606. The maximum Gasteiger partial charge on any atom is 0.211 e. The molecular weight excluding hydrogens is 314 g/mol. The van der Waals surface area contributed by atoms with Gasteiger partial charge in [-0.05, 0) is 25.5 Å². The molecule has 1 atom stereocenters. The van der Waals surface area contributed by atoms with Crippen molar-refractivity contribution in [2.24, 2.45) is 5.92 Å². The number of rotatable bonds is 6. The molecule has 0 heterocycles. The molecule has 1 aromatic rings. The number of carbonyl (C=O) groups excluding carboxylic acids is 2. The molecule has 102 valence electrons. The highest BCUT2D eigenvalue weighted by Gasteiger charge is 2.35. The number of carbonyl (C=O) groups is 2. The zero-order valence-corrected chi connectivity index (χ0v) is 12.2. The van der Waals surface area contributed by atoms with Gasteiger partial charge in [0.1, 0.15) is 11.6 Å². The van der Waals surface area contributed by atoms with Crippen LogP contribution < -0.4 is 0 Å². The highest BCUT2D eigenvalue weighted by molar-refractivity contribution is 9.10. The van der Waals surface area contributed by atoms with Crippen molar-refractivity contribution in [3.05, 3.63) is 44.4 Å². The van der Waals surface area contributed by atoms with E-state index in [1.165, 1.54) is 13.8 Å². The minimum atomic E-state index is -0.982. The molecule has 6 heteroatoms. The van der Waals surface area contributed by atoms with Crippen LogP contribution in [0, 0.1) is 16.0 Å². The number of hydrogen-bond acceptors (Lipinski definition) is 4. The molecule has 1 rings (SSSR count). The lowest BCUT2D eigenvalue weighted by atomic mass is 9.81. The van der Waals surface area contributed by atoms with E-state index >= 15 is 0 Å². The smallest absolute Gasteiger partial charge is 0.211 e. The number of halogens is 1. The summed E-state index contributed by atoms with van der Waals surface area (Å²) in [5.74, 6) is -2.44. The largest absolute Gasteiger partial charge is 0.299 e. The molecule has 0 aliphatic rings. The second kappa shape index (κ2) is 6.56. The average Bonchev–Trinajstić information content (AvgIpc) is 2.27. The standard InChI is InChI=1S/C13H14BrNO4/c1-8(16)13(9(2)17)11(7-15(18)19)10-5-3-4-6-12(10)14/h3-6,11,13H,7H2,1-2H3/t11-/m0/s1. The predicted molar refractivity (Wildman–Crippen MR) is 73.6 cm³/mol. The Labute approximate surface area is 119 Å². The lowest BCUT2D eigenvalue weighted by Crippen LogP contribution is -2.31. The third-order valence-electron chi connectivity index (χ3n) is 2.93. The molecule has 0 N–H and O–H groups in total. The fraction of sp³-hybridized carbons (Fsp3) is 0.385. The third kappa shape index (κ3) is 3.96. The molecule has 0 spiro atoms. The Morgan fingerprint density at radius 2 is 1.79 bits per heavy atom. The fourth-order valence-electron chi connectivity index (χ4n) is 2.17. The van der Waals surface area contributed by atoms with Crippen molar-refractivity contribution in [3.63, 3.8) is 0 Å². The summed E-state index contributed by atoms with van der Waals surface area (Å²) in [6.07, 6.45) is 0. The molecular formula is C13H14BrNO4. The molecule has 19 heavy (non-hydrogen) atoms. The summed E-state index contributed by atoms with van der Waals surface area (Å²) in [4.78, 5) is 33.6. The van der Waals surface area contributed by atoms with Crippen LogP contribution in [0.4, 0.5) is 0 Å². The van der Waals surface area contributed by atoms with E-state index < -0.39 is 23.3 Å². The lowest BCUT2D eigenvalue weighted by molar-refractivity contribution is -0.484. The highest BCUT2D eigenvalue weighted by atomic mass is 79.9. The molecule has 0 aliphatic heterocycles. The van der Waals surface area contributed by atoms with Crippen LogP contribution >= 0.6 is 15.9 Å². The molecule has 0 fully saturated rings. The number of benzene rings is 1. The minimum absolute atomic E-state index is 0.352. The SMILES string of the molecule is CC(=O)C(C(C)=O)[C@@H](C[N+](=O)[O-])c1ccccc1Br. The van der Waals surface area contributed by atoms with Crippen molar-refractivity contribution in [2.75, 3.05) is 6.54 Å². The second-order valence-electron chi connectivity index (χ2n) is 4.34. The lowest BCUT2D eigenvalue weighted by Gasteiger charge is -2.21. The number of ketones is 2. The van der Waals surface area contributed by atoms with E-state index in [1.807, 2.05) is 0 Å². The summed E-state index contributed by atoms with van der Waals surface area (Å²) in [6.45, 7) is 2.12. The average molecular weight is 328 g/mol. The molecule has 1 aromatic carbocycles. The first-order valence-corrected chi connectivity index (χ1v) is 6.51. The maximum absolute atomic E-state index is 11.6. The number of nitrogens with zero attached hydrogens (tertiary/aromatic N) is 1. The zero-order valence-electron chi connectivity index (χ0n) is 10.6. The Bertz CT molecular complexity index is 501. The quantitative estimate of drug-likeness (QED) is 0.457. The van der Waals surface area contributed by atoms with E-state index in [1.54, 1.807) is 24.3 Å². The Kier molecular flexibility index (Phi) is 5.35. The van der Waals surface area contributed by atoms with E-state index in [2.05, 4.69) is 15.9 Å². The van der Waals surface area contributed by atoms with E-state index in [9.17, 15) is 19.7 Å². The highest BCUT2D eigenvalue weighted by Crippen LogP contribution is 2.32. The van der Waals surface area contributed by atoms with Gasteiger partial charge in [-0.2, -0.15) is 0 Å². The summed E-state index contributed by atoms with van der Waals surface area (Å²) in [7, 11) is 0. The van der Waals surface area contributed by atoms with Crippen LogP contribution in [0.3, 0.4) is 0 Å². The van der Waals surface area contributed by atoms with Crippen LogP contribution in [-0.4, -0.2) is 23.0 Å². The van der Waals surface area contributed by atoms with Gasteiger partial charge in [0.15, 0.2) is 0 Å². The van der Waals surface area contributed by atoms with Crippen molar-refractivity contribution in [3.8, 4) is 0 Å². The number of Topliss-reactive ketones (excluding diaryl/α,β-unsaturated/α-hetero) is 2. The molecule has 0 bridgehead atoms. The first-order valence-electron chi connectivity index (χ1n) is 5.71. The summed E-state index contributed by atoms with van der Waals surface area (Å²) in [6, 6.07) is 6.93. The van der Waals surface area contributed by atoms with Gasteiger partial charge in [-0.25, -0.2) is 0 Å². The van der Waals surface area contributed by atoms with Crippen molar-refractivity contribution >= 4 is 27.5 Å². The first-order chi connectivity index (χ1) is 8.84. The number of nitro groups is 1. The van der Waals surface area contributed by atoms with Gasteiger partial charge in [0.2, 0.25) is 6.54 Å². The monoisotopic (exact) mass is 327 g/mol. The molecule has 0 unspecified atom stereocenters. The van der Waals surface area contributed by atoms with Crippen molar-refractivity contribution in [2.45, 2.75) is 19.8 Å². The van der Waals surface area contributed by atoms with E-state index in [0.717, 1.165) is 0 Å². The Balaban J connectivity index is 3.28.